The summed E-state index contributed by atoms with van der Waals surface area (Å²) in [5, 5.41) is 32.6. The summed E-state index contributed by atoms with van der Waals surface area (Å²) >= 11 is 0. The second-order valence-electron chi connectivity index (χ2n) is 7.29. The minimum Gasteiger partial charge on any atom is -0.545 e. The molecule has 0 aliphatic rings. The molecule has 30 heavy (non-hydrogen) atoms. The molecule has 0 radical (unpaired) electrons. The molecule has 2 aromatic rings. The normalized spacial score (nSPS) is 11.2. The molecule has 0 amide bonds. The van der Waals surface area contributed by atoms with E-state index in [9.17, 15) is 20.1 Å². The van der Waals surface area contributed by atoms with E-state index in [0.717, 1.165) is 24.0 Å². The number of phenolic OH excluding ortho intramolecular Hbond substituents is 1. The third-order valence-electron chi connectivity index (χ3n) is 4.62. The van der Waals surface area contributed by atoms with Crippen molar-refractivity contribution in [1.29, 1.82) is 0 Å². The van der Waals surface area contributed by atoms with E-state index in [0.29, 0.717) is 0 Å². The van der Waals surface area contributed by atoms with E-state index in [-0.39, 0.29) is 58.4 Å². The third-order valence-corrected chi connectivity index (χ3v) is 4.62. The van der Waals surface area contributed by atoms with E-state index in [1.165, 1.54) is 11.6 Å². The molecule has 0 saturated carbocycles. The van der Waals surface area contributed by atoms with Gasteiger partial charge in [-0.25, -0.2) is 0 Å². The quantitative estimate of drug-likeness (QED) is 0.393. The number of rotatable bonds is 8. The predicted octanol–water partition coefficient (Wildman–Crippen LogP) is 1.87. The van der Waals surface area contributed by atoms with E-state index < -0.39 is 11.7 Å². The van der Waals surface area contributed by atoms with Gasteiger partial charge in [0, 0.05) is 11.1 Å². The summed E-state index contributed by atoms with van der Waals surface area (Å²) in [5.41, 5.74) is 3.28. The molecule has 0 fully saturated rings. The van der Waals surface area contributed by atoms with Gasteiger partial charge in [0.15, 0.2) is 0 Å². The summed E-state index contributed by atoms with van der Waals surface area (Å²) in [4.78, 5) is 11.7. The minimum absolute atomic E-state index is 0. The van der Waals surface area contributed by atoms with Crippen molar-refractivity contribution in [1.82, 2.24) is 0 Å². The average molecular weight is 414 g/mol. The van der Waals surface area contributed by atoms with Crippen LogP contribution < -0.4 is 34.7 Å². The van der Waals surface area contributed by atoms with E-state index in [2.05, 4.69) is 6.08 Å². The predicted molar refractivity (Wildman–Crippen MR) is 116 cm³/mol. The smallest absolute Gasteiger partial charge is 0.545 e. The zero-order chi connectivity index (χ0) is 21.4. The van der Waals surface area contributed by atoms with Crippen LogP contribution in [0.25, 0.3) is 12.2 Å². The minimum atomic E-state index is -1.49. The van der Waals surface area contributed by atoms with Crippen LogP contribution in [0, 0.1) is 0 Å². The Morgan fingerprint density at radius 2 is 1.70 bits per heavy atom. The molecule has 0 unspecified atom stereocenters. The number of carboxylic acids is 1. The third kappa shape index (κ3) is 7.52. The van der Waals surface area contributed by atoms with Gasteiger partial charge in [-0.05, 0) is 57.2 Å². The van der Waals surface area contributed by atoms with Crippen LogP contribution in [0.15, 0.2) is 59.7 Å². The maximum atomic E-state index is 11.7. The number of hydrogen-bond acceptors (Lipinski definition) is 4. The Labute approximate surface area is 200 Å². The molecule has 152 valence electrons. The molecule has 4 nitrogen and oxygen atoms in total. The SMILES string of the molecule is CC(C)=CCC/C(C)=C/Cc1c(O)cc(/C=C/c2ccccc2)c(C(=O)[O-])c1O.[Na+]. The fourth-order valence-corrected chi connectivity index (χ4v) is 2.98. The Bertz CT molecular complexity index is 953. The number of aromatic carboxylic acids is 1. The Balaban J connectivity index is 0.00000450. The van der Waals surface area contributed by atoms with E-state index >= 15 is 0 Å². The number of aromatic hydroxyl groups is 2. The van der Waals surface area contributed by atoms with Gasteiger partial charge in [-0.1, -0.05) is 65.8 Å². The number of phenols is 2. The van der Waals surface area contributed by atoms with Crippen molar-refractivity contribution in [3.05, 3.63) is 82.0 Å². The number of hydrogen-bond donors (Lipinski definition) is 2. The first-order valence-electron chi connectivity index (χ1n) is 9.61. The van der Waals surface area contributed by atoms with Crippen LogP contribution in [0.2, 0.25) is 0 Å². The molecule has 0 aromatic heterocycles. The zero-order valence-electron chi connectivity index (χ0n) is 18.1. The Morgan fingerprint density at radius 1 is 1.03 bits per heavy atom. The molecule has 0 atom stereocenters. The van der Waals surface area contributed by atoms with Gasteiger partial charge >= 0.3 is 29.6 Å². The molecule has 2 aromatic carbocycles. The number of carbonyl (C=O) groups excluding carboxylic acids is 1. The van der Waals surface area contributed by atoms with Crippen LogP contribution >= 0.6 is 0 Å². The van der Waals surface area contributed by atoms with Crippen molar-refractivity contribution in [2.45, 2.75) is 40.0 Å². The summed E-state index contributed by atoms with van der Waals surface area (Å²) in [5.74, 6) is -2.08. The topological polar surface area (TPSA) is 80.6 Å². The van der Waals surface area contributed by atoms with Gasteiger partial charge in [-0.3, -0.25) is 0 Å². The molecule has 0 heterocycles. The Kier molecular flexibility index (Phi) is 10.7. The standard InChI is InChI=1S/C25H28O4.Na/c1-17(2)8-7-9-18(3)12-15-21-22(26)16-20(23(24(21)27)25(28)29)14-13-19-10-5-4-6-11-19;/h4-6,8,10-14,16,26-27H,7,9,15H2,1-3H3,(H,28,29);/q;+1/p-1/b14-13+,18-12+;. The van der Waals surface area contributed by atoms with Crippen molar-refractivity contribution in [2.24, 2.45) is 0 Å². The number of allylic oxidation sites excluding steroid dienone is 4. The summed E-state index contributed by atoms with van der Waals surface area (Å²) in [6.45, 7) is 6.07. The monoisotopic (exact) mass is 414 g/mol. The van der Waals surface area contributed by atoms with Gasteiger partial charge in [0.2, 0.25) is 0 Å². The molecule has 0 aliphatic carbocycles. The molecule has 0 bridgehead atoms. The molecule has 0 aliphatic heterocycles. The second kappa shape index (κ2) is 12.4. The van der Waals surface area contributed by atoms with Gasteiger partial charge in [0.25, 0.3) is 0 Å². The first kappa shape index (κ1) is 25.8. The first-order valence-corrected chi connectivity index (χ1v) is 9.61. The molecule has 2 rings (SSSR count). The molecule has 0 saturated heterocycles. The van der Waals surface area contributed by atoms with Gasteiger partial charge in [-0.2, -0.15) is 0 Å². The van der Waals surface area contributed by atoms with Crippen LogP contribution in [-0.2, 0) is 6.42 Å². The largest absolute Gasteiger partial charge is 1.00 e. The van der Waals surface area contributed by atoms with E-state index in [1.54, 1.807) is 12.2 Å². The van der Waals surface area contributed by atoms with Crippen molar-refractivity contribution < 1.29 is 49.7 Å². The number of benzene rings is 2. The maximum Gasteiger partial charge on any atom is 1.00 e. The van der Waals surface area contributed by atoms with E-state index in [4.69, 9.17) is 0 Å². The molecular formula is C25H27NaO4. The molecular weight excluding hydrogens is 387 g/mol. The average Bonchev–Trinajstić information content (AvgIpc) is 2.66. The summed E-state index contributed by atoms with van der Waals surface area (Å²) < 4.78 is 0. The van der Waals surface area contributed by atoms with Crippen LogP contribution in [0.4, 0.5) is 0 Å². The van der Waals surface area contributed by atoms with Crippen LogP contribution in [0.5, 0.6) is 11.5 Å². The zero-order valence-corrected chi connectivity index (χ0v) is 20.1. The number of carbonyl (C=O) groups is 1. The van der Waals surface area contributed by atoms with Gasteiger partial charge in [-0.15, -0.1) is 0 Å². The maximum absolute atomic E-state index is 11.7. The van der Waals surface area contributed by atoms with Crippen molar-refractivity contribution in [3.8, 4) is 11.5 Å². The van der Waals surface area contributed by atoms with Crippen molar-refractivity contribution in [2.75, 3.05) is 0 Å². The Morgan fingerprint density at radius 3 is 2.30 bits per heavy atom. The first-order chi connectivity index (χ1) is 13.8. The van der Waals surface area contributed by atoms with Gasteiger partial charge in [0.05, 0.1) is 5.97 Å². The van der Waals surface area contributed by atoms with Crippen LogP contribution in [0.3, 0.4) is 0 Å². The number of carboxylic acid groups (broad SMARTS) is 1. The van der Waals surface area contributed by atoms with Crippen molar-refractivity contribution in [3.63, 3.8) is 0 Å². The van der Waals surface area contributed by atoms with Crippen LogP contribution in [0.1, 0.15) is 60.7 Å². The van der Waals surface area contributed by atoms with Gasteiger partial charge in [0.1, 0.15) is 11.5 Å². The van der Waals surface area contributed by atoms with Crippen LogP contribution in [-0.4, -0.2) is 16.2 Å². The summed E-state index contributed by atoms with van der Waals surface area (Å²) in [6.07, 6.45) is 9.31. The molecule has 0 spiro atoms. The molecule has 5 heteroatoms. The van der Waals surface area contributed by atoms with Gasteiger partial charge < -0.3 is 20.1 Å². The summed E-state index contributed by atoms with van der Waals surface area (Å²) in [7, 11) is 0. The Hall–Kier alpha value is -2.27. The summed E-state index contributed by atoms with van der Waals surface area (Å²) in [6, 6.07) is 10.7. The molecule has 2 N–H and O–H groups in total. The van der Waals surface area contributed by atoms with Crippen molar-refractivity contribution >= 4 is 18.1 Å². The second-order valence-corrected chi connectivity index (χ2v) is 7.29. The fraction of sp³-hybridized carbons (Fsp3) is 0.240. The van der Waals surface area contributed by atoms with E-state index in [1.807, 2.05) is 57.2 Å². The fourth-order valence-electron chi connectivity index (χ4n) is 2.98.